The summed E-state index contributed by atoms with van der Waals surface area (Å²) in [5.41, 5.74) is 1.03. The van der Waals surface area contributed by atoms with Gasteiger partial charge < -0.3 is 23.7 Å². The van der Waals surface area contributed by atoms with Crippen molar-refractivity contribution < 1.29 is 28.5 Å². The van der Waals surface area contributed by atoms with Gasteiger partial charge in [0.05, 0.1) is 13.2 Å². The molecule has 0 aliphatic carbocycles. The lowest BCUT2D eigenvalue weighted by Gasteiger charge is -2.44. The monoisotopic (exact) mass is 464 g/mol. The molecule has 168 valence electrons. The average molecular weight is 465 g/mol. The predicted octanol–water partition coefficient (Wildman–Crippen LogP) is 4.62. The molecule has 1 heterocycles. The van der Waals surface area contributed by atoms with E-state index in [9.17, 15) is 4.79 Å². The minimum Gasteiger partial charge on any atom is -0.450 e. The molecule has 0 saturated carbocycles. The zero-order valence-electron chi connectivity index (χ0n) is 17.8. The highest BCUT2D eigenvalue weighted by Crippen LogP contribution is 2.38. The molecule has 1 fully saturated rings. The molecule has 0 aromatic heterocycles. The smallest absolute Gasteiger partial charge is 0.367 e. The Bertz CT molecular complexity index is 791. The molecular formula is C23H28O6S2. The van der Waals surface area contributed by atoms with E-state index < -0.39 is 24.6 Å². The Balaban J connectivity index is 1.89. The summed E-state index contributed by atoms with van der Waals surface area (Å²) >= 11 is 2.58. The number of hydrogen-bond acceptors (Lipinski definition) is 8. The molecule has 2 aromatic carbocycles. The van der Waals surface area contributed by atoms with Crippen molar-refractivity contribution in [1.82, 2.24) is 0 Å². The second-order valence-corrected chi connectivity index (χ2v) is 8.92. The maximum atomic E-state index is 12.3. The van der Waals surface area contributed by atoms with Crippen molar-refractivity contribution in [3.05, 3.63) is 66.2 Å². The molecule has 0 N–H and O–H groups in total. The lowest BCUT2D eigenvalue weighted by molar-refractivity contribution is -0.260. The van der Waals surface area contributed by atoms with Gasteiger partial charge in [-0.1, -0.05) is 48.5 Å². The van der Waals surface area contributed by atoms with Gasteiger partial charge in [-0.25, -0.2) is 4.79 Å². The first kappa shape index (κ1) is 24.1. The molecule has 0 spiro atoms. The topological polar surface area (TPSA) is 63.2 Å². The number of benzene rings is 2. The standard InChI is InChI=1S/C23H28O6S2/c1-25-15-18-19(26-2)20(29-23(24)30-3)21(31-17-12-8-5-9-13-17)22(28-18)27-14-16-10-6-4-7-11-16/h4-13,18-22H,14-15H2,1-3H3/t18-,19-,20+,21-,22-/m1/s1. The summed E-state index contributed by atoms with van der Waals surface area (Å²) in [5.74, 6) is 0. The number of carbonyl (C=O) groups excluding carboxylic acids is 1. The third-order valence-electron chi connectivity index (χ3n) is 4.87. The molecular weight excluding hydrogens is 436 g/mol. The van der Waals surface area contributed by atoms with Crippen LogP contribution in [0.3, 0.4) is 0 Å². The van der Waals surface area contributed by atoms with Crippen LogP contribution in [-0.4, -0.2) is 62.2 Å². The summed E-state index contributed by atoms with van der Waals surface area (Å²) in [7, 11) is 3.19. The van der Waals surface area contributed by atoms with Gasteiger partial charge in [0, 0.05) is 19.1 Å². The van der Waals surface area contributed by atoms with Gasteiger partial charge in [0.1, 0.15) is 23.6 Å². The number of ether oxygens (including phenoxy) is 5. The Morgan fingerprint density at radius 3 is 2.29 bits per heavy atom. The summed E-state index contributed by atoms with van der Waals surface area (Å²) in [6.45, 7) is 0.664. The van der Waals surface area contributed by atoms with Crippen LogP contribution in [0.2, 0.25) is 0 Å². The fourth-order valence-electron chi connectivity index (χ4n) is 3.42. The summed E-state index contributed by atoms with van der Waals surface area (Å²) in [6.07, 6.45) is -0.447. The molecule has 3 rings (SSSR count). The molecule has 31 heavy (non-hydrogen) atoms. The van der Waals surface area contributed by atoms with Crippen molar-refractivity contribution in [2.24, 2.45) is 0 Å². The highest BCUT2D eigenvalue weighted by atomic mass is 32.2. The van der Waals surface area contributed by atoms with Gasteiger partial charge in [-0.05, 0) is 35.7 Å². The van der Waals surface area contributed by atoms with E-state index in [1.807, 2.05) is 60.7 Å². The minimum atomic E-state index is -0.628. The van der Waals surface area contributed by atoms with Gasteiger partial charge in [-0.2, -0.15) is 0 Å². The number of carbonyl (C=O) groups is 1. The highest BCUT2D eigenvalue weighted by molar-refractivity contribution is 8.12. The van der Waals surface area contributed by atoms with Crippen LogP contribution in [0, 0.1) is 0 Å². The molecule has 5 atom stereocenters. The third kappa shape index (κ3) is 6.71. The van der Waals surface area contributed by atoms with Gasteiger partial charge in [-0.15, -0.1) is 11.8 Å². The van der Waals surface area contributed by atoms with Crippen LogP contribution in [0.25, 0.3) is 0 Å². The second-order valence-electron chi connectivity index (χ2n) is 6.93. The number of rotatable bonds is 9. The maximum Gasteiger partial charge on any atom is 0.367 e. The van der Waals surface area contributed by atoms with Crippen LogP contribution < -0.4 is 0 Å². The van der Waals surface area contributed by atoms with Crippen LogP contribution in [0.15, 0.2) is 65.6 Å². The summed E-state index contributed by atoms with van der Waals surface area (Å²) in [5, 5.41) is -0.703. The Labute approximate surface area is 191 Å². The molecule has 0 amide bonds. The van der Waals surface area contributed by atoms with E-state index in [4.69, 9.17) is 23.7 Å². The number of thioether (sulfide) groups is 2. The molecule has 0 unspecified atom stereocenters. The van der Waals surface area contributed by atoms with Crippen LogP contribution in [0.5, 0.6) is 0 Å². The lowest BCUT2D eigenvalue weighted by atomic mass is 10.0. The van der Waals surface area contributed by atoms with E-state index in [1.165, 1.54) is 0 Å². The van der Waals surface area contributed by atoms with Gasteiger partial charge >= 0.3 is 5.30 Å². The molecule has 2 aromatic rings. The van der Waals surface area contributed by atoms with E-state index in [-0.39, 0.29) is 10.6 Å². The van der Waals surface area contributed by atoms with Gasteiger partial charge in [-0.3, -0.25) is 0 Å². The van der Waals surface area contributed by atoms with Crippen LogP contribution in [0.4, 0.5) is 4.79 Å². The Hall–Kier alpha value is -1.55. The molecule has 0 radical (unpaired) electrons. The third-order valence-corrected chi connectivity index (χ3v) is 6.60. The van der Waals surface area contributed by atoms with Crippen molar-refractivity contribution in [3.8, 4) is 0 Å². The predicted molar refractivity (Wildman–Crippen MR) is 122 cm³/mol. The molecule has 0 bridgehead atoms. The van der Waals surface area contributed by atoms with Crippen molar-refractivity contribution in [2.75, 3.05) is 27.1 Å². The van der Waals surface area contributed by atoms with Crippen LogP contribution in [0.1, 0.15) is 5.56 Å². The van der Waals surface area contributed by atoms with Crippen molar-refractivity contribution in [3.63, 3.8) is 0 Å². The second kappa shape index (κ2) is 12.5. The quantitative estimate of drug-likeness (QED) is 0.498. The average Bonchev–Trinajstić information content (AvgIpc) is 2.81. The molecule has 8 heteroatoms. The summed E-state index contributed by atoms with van der Waals surface area (Å²) in [6, 6.07) is 19.8. The fourth-order valence-corrected chi connectivity index (χ4v) is 4.86. The first-order valence-electron chi connectivity index (χ1n) is 9.95. The minimum absolute atomic E-state index is 0.291. The Morgan fingerprint density at radius 1 is 1.00 bits per heavy atom. The van der Waals surface area contributed by atoms with Crippen molar-refractivity contribution >= 4 is 28.8 Å². The van der Waals surface area contributed by atoms with E-state index in [2.05, 4.69) is 0 Å². The SMILES string of the molecule is COC[C@H]1O[C@@H](OCc2ccccc2)[C@H](Sc2ccccc2)[C@@H](OC(=O)SC)[C@@H]1OC. The zero-order valence-corrected chi connectivity index (χ0v) is 19.5. The summed E-state index contributed by atoms with van der Waals surface area (Å²) < 4.78 is 29.4. The van der Waals surface area contributed by atoms with Crippen molar-refractivity contribution in [1.29, 1.82) is 0 Å². The number of methoxy groups -OCH3 is 2. The zero-order chi connectivity index (χ0) is 22.1. The van der Waals surface area contributed by atoms with E-state index in [0.717, 1.165) is 22.2 Å². The number of hydrogen-bond donors (Lipinski definition) is 0. The fraction of sp³-hybridized carbons (Fsp3) is 0.435. The molecule has 1 saturated heterocycles. The molecule has 1 aliphatic rings. The summed E-state index contributed by atoms with van der Waals surface area (Å²) in [4.78, 5) is 13.3. The van der Waals surface area contributed by atoms with Crippen molar-refractivity contribution in [2.45, 2.75) is 41.4 Å². The van der Waals surface area contributed by atoms with Crippen LogP contribution in [-0.2, 0) is 30.3 Å². The Kier molecular flexibility index (Phi) is 9.70. The normalized spacial score (nSPS) is 25.8. The largest absolute Gasteiger partial charge is 0.450 e. The van der Waals surface area contributed by atoms with E-state index in [1.54, 1.807) is 32.2 Å². The lowest BCUT2D eigenvalue weighted by Crippen LogP contribution is -2.60. The van der Waals surface area contributed by atoms with Crippen LogP contribution >= 0.6 is 23.5 Å². The van der Waals surface area contributed by atoms with Gasteiger partial charge in [0.25, 0.3) is 0 Å². The van der Waals surface area contributed by atoms with E-state index >= 15 is 0 Å². The first-order chi connectivity index (χ1) is 15.2. The molecule has 6 nitrogen and oxygen atoms in total. The Morgan fingerprint density at radius 2 is 1.68 bits per heavy atom. The molecule has 1 aliphatic heterocycles. The van der Waals surface area contributed by atoms with E-state index in [0.29, 0.717) is 13.2 Å². The first-order valence-corrected chi connectivity index (χ1v) is 12.1. The van der Waals surface area contributed by atoms with Gasteiger partial charge in [0.15, 0.2) is 6.29 Å². The van der Waals surface area contributed by atoms with Gasteiger partial charge in [0.2, 0.25) is 0 Å². The maximum absolute atomic E-state index is 12.3. The highest BCUT2D eigenvalue weighted by Gasteiger charge is 2.49.